The zero-order valence-electron chi connectivity index (χ0n) is 20.1. The molecule has 0 atom stereocenters. The first kappa shape index (κ1) is 24.7. The molecular formula is C30H26F3N3O. The highest BCUT2D eigenvalue weighted by atomic mass is 19.4. The highest BCUT2D eigenvalue weighted by Crippen LogP contribution is 2.32. The molecule has 3 aromatic carbocycles. The lowest BCUT2D eigenvalue weighted by Gasteiger charge is -2.29. The van der Waals surface area contributed by atoms with E-state index in [1.54, 1.807) is 24.3 Å². The summed E-state index contributed by atoms with van der Waals surface area (Å²) in [4.78, 5) is 20.0. The quantitative estimate of drug-likeness (QED) is 0.323. The van der Waals surface area contributed by atoms with Crippen LogP contribution in [0, 0.1) is 0 Å². The number of benzene rings is 3. The lowest BCUT2D eigenvalue weighted by atomic mass is 9.97. The van der Waals surface area contributed by atoms with E-state index >= 15 is 0 Å². The second-order valence-corrected chi connectivity index (χ2v) is 9.16. The molecule has 0 saturated carbocycles. The Bertz CT molecular complexity index is 1390. The van der Waals surface area contributed by atoms with Gasteiger partial charge in [-0.15, -0.1) is 0 Å². The molecule has 7 heteroatoms. The maximum absolute atomic E-state index is 13.2. The van der Waals surface area contributed by atoms with Gasteiger partial charge in [0.1, 0.15) is 0 Å². The zero-order valence-corrected chi connectivity index (χ0v) is 20.1. The van der Waals surface area contributed by atoms with Crippen molar-refractivity contribution in [2.24, 2.45) is 0 Å². The van der Waals surface area contributed by atoms with Crippen LogP contribution in [0.3, 0.4) is 0 Å². The van der Waals surface area contributed by atoms with Crippen LogP contribution < -0.4 is 5.32 Å². The first-order valence-corrected chi connectivity index (χ1v) is 12.2. The molecule has 0 radical (unpaired) electrons. The number of rotatable bonds is 6. The van der Waals surface area contributed by atoms with Gasteiger partial charge >= 0.3 is 6.18 Å². The topological polar surface area (TPSA) is 45.2 Å². The maximum atomic E-state index is 13.2. The Hall–Kier alpha value is -3.97. The number of nitrogens with one attached hydrogen (secondary N) is 1. The Labute approximate surface area is 213 Å². The molecule has 0 fully saturated rings. The predicted molar refractivity (Wildman–Crippen MR) is 138 cm³/mol. The molecule has 1 aromatic heterocycles. The van der Waals surface area contributed by atoms with E-state index in [9.17, 15) is 18.0 Å². The molecule has 37 heavy (non-hydrogen) atoms. The Morgan fingerprint density at radius 1 is 0.919 bits per heavy atom. The molecule has 0 spiro atoms. The normalized spacial score (nSPS) is 13.7. The average molecular weight is 502 g/mol. The van der Waals surface area contributed by atoms with Crippen molar-refractivity contribution in [3.63, 3.8) is 0 Å². The van der Waals surface area contributed by atoms with Gasteiger partial charge in [0.2, 0.25) is 0 Å². The fourth-order valence-corrected chi connectivity index (χ4v) is 4.67. The van der Waals surface area contributed by atoms with Gasteiger partial charge in [-0.3, -0.25) is 14.7 Å². The standard InChI is InChI=1S/C30H26F3N3O/c31-30(32,33)24-11-8-21(9-12-24)27-6-1-2-7-28(27)29(37)35-26-13-10-23-20-36(17-14-22(23)19-26)18-15-25-5-3-4-16-34-25/h1-13,16,19H,14-15,17-18,20H2,(H,35,37). The third kappa shape index (κ3) is 5.89. The Morgan fingerprint density at radius 3 is 2.46 bits per heavy atom. The Morgan fingerprint density at radius 2 is 1.70 bits per heavy atom. The third-order valence-corrected chi connectivity index (χ3v) is 6.66. The second kappa shape index (κ2) is 10.6. The summed E-state index contributed by atoms with van der Waals surface area (Å²) in [5.74, 6) is -0.303. The molecule has 4 nitrogen and oxygen atoms in total. The number of carbonyl (C=O) groups is 1. The summed E-state index contributed by atoms with van der Waals surface area (Å²) in [6.07, 6.45) is -0.789. The maximum Gasteiger partial charge on any atom is 0.416 e. The van der Waals surface area contributed by atoms with Gasteiger partial charge in [-0.05, 0) is 71.1 Å². The van der Waals surface area contributed by atoms with Crippen LogP contribution in [0.1, 0.15) is 32.7 Å². The van der Waals surface area contributed by atoms with Crippen LogP contribution in [0.25, 0.3) is 11.1 Å². The molecule has 1 aliphatic heterocycles. The SMILES string of the molecule is O=C(Nc1ccc2c(c1)CCN(CCc1ccccn1)C2)c1ccccc1-c1ccc(C(F)(F)F)cc1. The molecule has 1 amide bonds. The fraction of sp³-hybridized carbons (Fsp3) is 0.200. The molecule has 0 unspecified atom stereocenters. The summed E-state index contributed by atoms with van der Waals surface area (Å²) < 4.78 is 38.9. The molecule has 0 bridgehead atoms. The second-order valence-electron chi connectivity index (χ2n) is 9.16. The molecule has 0 saturated heterocycles. The number of aromatic nitrogens is 1. The largest absolute Gasteiger partial charge is 0.416 e. The number of halogens is 3. The number of amides is 1. The number of fused-ring (bicyclic) bond motifs is 1. The van der Waals surface area contributed by atoms with Gasteiger partial charge in [-0.1, -0.05) is 42.5 Å². The molecule has 5 rings (SSSR count). The number of hydrogen-bond acceptors (Lipinski definition) is 3. The van der Waals surface area contributed by atoms with Crippen molar-refractivity contribution in [1.29, 1.82) is 0 Å². The lowest BCUT2D eigenvalue weighted by molar-refractivity contribution is -0.137. The first-order valence-electron chi connectivity index (χ1n) is 12.2. The summed E-state index contributed by atoms with van der Waals surface area (Å²) in [5, 5.41) is 2.97. The predicted octanol–water partition coefficient (Wildman–Crippen LogP) is 6.62. The van der Waals surface area contributed by atoms with Crippen LogP contribution >= 0.6 is 0 Å². The van der Waals surface area contributed by atoms with Crippen molar-refractivity contribution in [1.82, 2.24) is 9.88 Å². The van der Waals surface area contributed by atoms with Crippen molar-refractivity contribution in [3.8, 4) is 11.1 Å². The van der Waals surface area contributed by atoms with E-state index in [0.717, 1.165) is 50.3 Å². The van der Waals surface area contributed by atoms with Crippen LogP contribution in [0.5, 0.6) is 0 Å². The van der Waals surface area contributed by atoms with E-state index in [4.69, 9.17) is 0 Å². The van der Waals surface area contributed by atoms with E-state index in [0.29, 0.717) is 22.4 Å². The van der Waals surface area contributed by atoms with Gasteiger partial charge in [0.05, 0.1) is 5.56 Å². The molecule has 2 heterocycles. The van der Waals surface area contributed by atoms with Gasteiger partial charge in [0.15, 0.2) is 0 Å². The number of hydrogen-bond donors (Lipinski definition) is 1. The highest BCUT2D eigenvalue weighted by Gasteiger charge is 2.30. The van der Waals surface area contributed by atoms with E-state index in [1.165, 1.54) is 23.3 Å². The molecular weight excluding hydrogens is 475 g/mol. The van der Waals surface area contributed by atoms with Crippen molar-refractivity contribution < 1.29 is 18.0 Å². The number of anilines is 1. The van der Waals surface area contributed by atoms with E-state index in [2.05, 4.69) is 21.3 Å². The Balaban J connectivity index is 1.27. The van der Waals surface area contributed by atoms with Crippen LogP contribution in [-0.2, 0) is 25.6 Å². The monoisotopic (exact) mass is 501 g/mol. The summed E-state index contributed by atoms with van der Waals surface area (Å²) in [7, 11) is 0. The number of carbonyl (C=O) groups excluding carboxylic acids is 1. The highest BCUT2D eigenvalue weighted by molar-refractivity contribution is 6.08. The van der Waals surface area contributed by atoms with Crippen LogP contribution in [0.15, 0.2) is 91.1 Å². The van der Waals surface area contributed by atoms with Crippen LogP contribution in [0.2, 0.25) is 0 Å². The average Bonchev–Trinajstić information content (AvgIpc) is 2.92. The molecule has 1 N–H and O–H groups in total. The third-order valence-electron chi connectivity index (χ3n) is 6.66. The summed E-state index contributed by atoms with van der Waals surface area (Å²) in [6.45, 7) is 2.73. The summed E-state index contributed by atoms with van der Waals surface area (Å²) >= 11 is 0. The van der Waals surface area contributed by atoms with Gasteiger partial charge in [0, 0.05) is 49.2 Å². The van der Waals surface area contributed by atoms with E-state index in [-0.39, 0.29) is 5.91 Å². The lowest BCUT2D eigenvalue weighted by Crippen LogP contribution is -2.32. The van der Waals surface area contributed by atoms with Gasteiger partial charge in [0.25, 0.3) is 5.91 Å². The minimum Gasteiger partial charge on any atom is -0.322 e. The van der Waals surface area contributed by atoms with Crippen LogP contribution in [-0.4, -0.2) is 28.9 Å². The van der Waals surface area contributed by atoms with Gasteiger partial charge in [-0.2, -0.15) is 13.2 Å². The fourth-order valence-electron chi connectivity index (χ4n) is 4.67. The summed E-state index contributed by atoms with van der Waals surface area (Å²) in [6, 6.07) is 23.7. The zero-order chi connectivity index (χ0) is 25.8. The van der Waals surface area contributed by atoms with Crippen molar-refractivity contribution in [3.05, 3.63) is 119 Å². The minimum absolute atomic E-state index is 0.303. The number of alkyl halides is 3. The number of pyridine rings is 1. The minimum atomic E-state index is -4.40. The van der Waals surface area contributed by atoms with Gasteiger partial charge < -0.3 is 5.32 Å². The van der Waals surface area contributed by atoms with Gasteiger partial charge in [-0.25, -0.2) is 0 Å². The molecule has 188 valence electrons. The van der Waals surface area contributed by atoms with Crippen LogP contribution in [0.4, 0.5) is 18.9 Å². The van der Waals surface area contributed by atoms with E-state index < -0.39 is 11.7 Å². The van der Waals surface area contributed by atoms with Crippen molar-refractivity contribution in [2.75, 3.05) is 18.4 Å². The van der Waals surface area contributed by atoms with Crippen molar-refractivity contribution in [2.45, 2.75) is 25.6 Å². The first-order chi connectivity index (χ1) is 17.9. The Kier molecular flexibility index (Phi) is 7.06. The van der Waals surface area contributed by atoms with Crippen molar-refractivity contribution >= 4 is 11.6 Å². The molecule has 4 aromatic rings. The molecule has 1 aliphatic rings. The van der Waals surface area contributed by atoms with E-state index in [1.807, 2.05) is 36.5 Å². The summed E-state index contributed by atoms with van der Waals surface area (Å²) in [5.41, 5.74) is 5.06. The molecule has 0 aliphatic carbocycles. The number of nitrogens with zero attached hydrogens (tertiary/aromatic N) is 2. The smallest absolute Gasteiger partial charge is 0.322 e.